The maximum absolute atomic E-state index is 5.84. The van der Waals surface area contributed by atoms with Crippen molar-refractivity contribution in [3.63, 3.8) is 0 Å². The molecule has 3 nitrogen and oxygen atoms in total. The maximum atomic E-state index is 5.84. The molecule has 2 aromatic rings. The van der Waals surface area contributed by atoms with Gasteiger partial charge in [-0.05, 0) is 19.1 Å². The van der Waals surface area contributed by atoms with E-state index < -0.39 is 0 Å². The summed E-state index contributed by atoms with van der Waals surface area (Å²) in [5, 5.41) is 6.38. The number of thiazole rings is 1. The number of rotatable bonds is 3. The molecule has 4 heteroatoms. The van der Waals surface area contributed by atoms with Gasteiger partial charge in [0.05, 0.1) is 17.4 Å². The number of benzene rings is 1. The fourth-order valence-electron chi connectivity index (χ4n) is 1.37. The van der Waals surface area contributed by atoms with Crippen molar-refractivity contribution in [3.05, 3.63) is 40.8 Å². The van der Waals surface area contributed by atoms with Crippen LogP contribution in [0.3, 0.4) is 0 Å². The molecule has 1 aromatic carbocycles. The second kappa shape index (κ2) is 4.31. The van der Waals surface area contributed by atoms with E-state index >= 15 is 0 Å². The zero-order valence-corrected chi connectivity index (χ0v) is 9.29. The summed E-state index contributed by atoms with van der Waals surface area (Å²) in [4.78, 5) is 4.26. The van der Waals surface area contributed by atoms with Crippen molar-refractivity contribution in [3.8, 4) is 0 Å². The van der Waals surface area contributed by atoms with Crippen LogP contribution in [-0.4, -0.2) is 4.98 Å². The normalized spacial score (nSPS) is 12.3. The molecule has 78 valence electrons. The molecule has 3 N–H and O–H groups in total. The van der Waals surface area contributed by atoms with Gasteiger partial charge >= 0.3 is 0 Å². The minimum atomic E-state index is 0.190. The van der Waals surface area contributed by atoms with Crippen LogP contribution >= 0.6 is 11.3 Å². The molecule has 0 fully saturated rings. The summed E-state index contributed by atoms with van der Waals surface area (Å²) in [6, 6.07) is 7.94. The Balaban J connectivity index is 2.13. The fourth-order valence-corrected chi connectivity index (χ4v) is 2.02. The first-order valence-electron chi connectivity index (χ1n) is 4.78. The van der Waals surface area contributed by atoms with E-state index in [9.17, 15) is 0 Å². The molecule has 2 rings (SSSR count). The van der Waals surface area contributed by atoms with Crippen LogP contribution in [0, 0.1) is 0 Å². The summed E-state index contributed by atoms with van der Waals surface area (Å²) in [6.45, 7) is 2.07. The summed E-state index contributed by atoms with van der Waals surface area (Å²) >= 11 is 1.64. The van der Waals surface area contributed by atoms with Crippen LogP contribution in [0.2, 0.25) is 0 Å². The molecule has 0 spiro atoms. The van der Waals surface area contributed by atoms with Crippen LogP contribution in [-0.2, 0) is 0 Å². The highest BCUT2D eigenvalue weighted by molar-refractivity contribution is 7.09. The van der Waals surface area contributed by atoms with Crippen LogP contribution in [0.5, 0.6) is 0 Å². The number of para-hydroxylation sites is 2. The van der Waals surface area contributed by atoms with Gasteiger partial charge in [-0.1, -0.05) is 12.1 Å². The van der Waals surface area contributed by atoms with Crippen molar-refractivity contribution in [2.24, 2.45) is 0 Å². The number of aromatic nitrogens is 1. The molecule has 0 aliphatic carbocycles. The van der Waals surface area contributed by atoms with E-state index in [0.717, 1.165) is 16.4 Å². The average Bonchev–Trinajstić information content (AvgIpc) is 2.74. The molecule has 1 atom stereocenters. The largest absolute Gasteiger partial charge is 0.397 e. The van der Waals surface area contributed by atoms with Crippen molar-refractivity contribution in [1.82, 2.24) is 4.98 Å². The van der Waals surface area contributed by atoms with Crippen LogP contribution in [0.1, 0.15) is 18.0 Å². The molecule has 0 radical (unpaired) electrons. The number of nitrogens with zero attached hydrogens (tertiary/aromatic N) is 1. The molecule has 0 aliphatic heterocycles. The van der Waals surface area contributed by atoms with E-state index in [-0.39, 0.29) is 6.04 Å². The summed E-state index contributed by atoms with van der Waals surface area (Å²) in [5.74, 6) is 0. The average molecular weight is 219 g/mol. The molecule has 0 saturated heterocycles. The van der Waals surface area contributed by atoms with Gasteiger partial charge in [-0.15, -0.1) is 11.3 Å². The SMILES string of the molecule is CC(Nc1ccccc1N)c1nccs1. The maximum Gasteiger partial charge on any atom is 0.115 e. The molecule has 0 bridgehead atoms. The molecule has 0 aliphatic rings. The monoisotopic (exact) mass is 219 g/mol. The lowest BCUT2D eigenvalue weighted by atomic mass is 10.2. The predicted molar refractivity (Wildman–Crippen MR) is 65.0 cm³/mol. The number of nitrogen functional groups attached to an aromatic ring is 1. The van der Waals surface area contributed by atoms with Crippen molar-refractivity contribution >= 4 is 22.7 Å². The highest BCUT2D eigenvalue weighted by Crippen LogP contribution is 2.24. The van der Waals surface area contributed by atoms with Crippen LogP contribution in [0.25, 0.3) is 0 Å². The Morgan fingerprint density at radius 3 is 2.87 bits per heavy atom. The summed E-state index contributed by atoms with van der Waals surface area (Å²) in [6.07, 6.45) is 1.81. The van der Waals surface area contributed by atoms with Crippen LogP contribution in [0.4, 0.5) is 11.4 Å². The molecular weight excluding hydrogens is 206 g/mol. The number of nitrogens with two attached hydrogens (primary N) is 1. The summed E-state index contributed by atoms with van der Waals surface area (Å²) in [7, 11) is 0. The Morgan fingerprint density at radius 1 is 1.40 bits per heavy atom. The second-order valence-electron chi connectivity index (χ2n) is 3.32. The molecular formula is C11H13N3S. The smallest absolute Gasteiger partial charge is 0.115 e. The van der Waals surface area contributed by atoms with E-state index in [2.05, 4.69) is 17.2 Å². The number of nitrogens with one attached hydrogen (secondary N) is 1. The van der Waals surface area contributed by atoms with Gasteiger partial charge in [0.15, 0.2) is 0 Å². The Bertz CT molecular complexity index is 425. The Labute approximate surface area is 93.0 Å². The number of hydrogen-bond donors (Lipinski definition) is 2. The van der Waals surface area contributed by atoms with Crippen molar-refractivity contribution in [1.29, 1.82) is 0 Å². The summed E-state index contributed by atoms with van der Waals surface area (Å²) < 4.78 is 0. The Kier molecular flexibility index (Phi) is 2.87. The second-order valence-corrected chi connectivity index (χ2v) is 4.25. The zero-order valence-electron chi connectivity index (χ0n) is 8.47. The molecule has 15 heavy (non-hydrogen) atoms. The number of anilines is 2. The van der Waals surface area contributed by atoms with Gasteiger partial charge in [-0.2, -0.15) is 0 Å². The third-order valence-corrected chi connectivity index (χ3v) is 3.11. The molecule has 1 aromatic heterocycles. The van der Waals surface area contributed by atoms with Gasteiger partial charge in [0.1, 0.15) is 5.01 Å². The molecule has 1 heterocycles. The van der Waals surface area contributed by atoms with Crippen LogP contribution in [0.15, 0.2) is 35.8 Å². The predicted octanol–water partition coefficient (Wildman–Crippen LogP) is 2.90. The van der Waals surface area contributed by atoms with Gasteiger partial charge in [0, 0.05) is 11.6 Å². The molecule has 1 unspecified atom stereocenters. The van der Waals surface area contributed by atoms with E-state index in [1.807, 2.05) is 35.8 Å². The lowest BCUT2D eigenvalue weighted by Gasteiger charge is -2.14. The minimum Gasteiger partial charge on any atom is -0.397 e. The Morgan fingerprint density at radius 2 is 2.20 bits per heavy atom. The fraction of sp³-hybridized carbons (Fsp3) is 0.182. The van der Waals surface area contributed by atoms with Gasteiger partial charge in [-0.25, -0.2) is 4.98 Å². The van der Waals surface area contributed by atoms with Crippen molar-refractivity contribution in [2.75, 3.05) is 11.1 Å². The third kappa shape index (κ3) is 2.27. The lowest BCUT2D eigenvalue weighted by molar-refractivity contribution is 0.870. The van der Waals surface area contributed by atoms with Gasteiger partial charge in [0.2, 0.25) is 0 Å². The first kappa shape index (κ1) is 9.98. The third-order valence-electron chi connectivity index (χ3n) is 2.15. The van der Waals surface area contributed by atoms with Gasteiger partial charge < -0.3 is 11.1 Å². The quantitative estimate of drug-likeness (QED) is 0.780. The van der Waals surface area contributed by atoms with Gasteiger partial charge in [0.25, 0.3) is 0 Å². The number of hydrogen-bond acceptors (Lipinski definition) is 4. The van der Waals surface area contributed by atoms with E-state index in [4.69, 9.17) is 5.73 Å². The van der Waals surface area contributed by atoms with Crippen molar-refractivity contribution in [2.45, 2.75) is 13.0 Å². The molecule has 0 saturated carbocycles. The standard InChI is InChI=1S/C11H13N3S/c1-8(11-13-6-7-15-11)14-10-5-3-2-4-9(10)12/h2-8,14H,12H2,1H3. The topological polar surface area (TPSA) is 50.9 Å². The van der Waals surface area contributed by atoms with Crippen molar-refractivity contribution < 1.29 is 0 Å². The Hall–Kier alpha value is -1.55. The van der Waals surface area contributed by atoms with E-state index in [1.165, 1.54) is 0 Å². The van der Waals surface area contributed by atoms with E-state index in [1.54, 1.807) is 11.3 Å². The molecule has 0 amide bonds. The first-order chi connectivity index (χ1) is 7.27. The zero-order chi connectivity index (χ0) is 10.7. The van der Waals surface area contributed by atoms with Crippen LogP contribution < -0.4 is 11.1 Å². The lowest BCUT2D eigenvalue weighted by Crippen LogP contribution is -2.07. The first-order valence-corrected chi connectivity index (χ1v) is 5.66. The minimum absolute atomic E-state index is 0.190. The highest BCUT2D eigenvalue weighted by Gasteiger charge is 2.08. The van der Waals surface area contributed by atoms with Gasteiger partial charge in [-0.3, -0.25) is 0 Å². The highest BCUT2D eigenvalue weighted by atomic mass is 32.1. The van der Waals surface area contributed by atoms with E-state index in [0.29, 0.717) is 0 Å². The summed E-state index contributed by atoms with van der Waals surface area (Å²) in [5.41, 5.74) is 7.57.